The molecule has 0 unspecified atom stereocenters. The Morgan fingerprint density at radius 3 is 2.32 bits per heavy atom. The summed E-state index contributed by atoms with van der Waals surface area (Å²) in [6.45, 7) is -0.556. The fourth-order valence-electron chi connectivity index (χ4n) is 2.62. The number of carboxylic acids is 1. The van der Waals surface area contributed by atoms with Gasteiger partial charge in [0.25, 0.3) is 11.8 Å². The summed E-state index contributed by atoms with van der Waals surface area (Å²) in [6, 6.07) is 6.29. The SMILES string of the molecule is O=C(O)COc1c(Br)cc(/C=C2\C(=O)NC(=O)N(c3ccc(Cl)c(Cl)c3)C2=O)cc1Br. The first-order chi connectivity index (χ1) is 14.6. The van der Waals surface area contributed by atoms with E-state index in [4.69, 9.17) is 33.0 Å². The molecule has 0 aliphatic carbocycles. The lowest BCUT2D eigenvalue weighted by atomic mass is 10.1. The van der Waals surface area contributed by atoms with Gasteiger partial charge in [0.1, 0.15) is 11.3 Å². The molecule has 1 saturated heterocycles. The predicted molar refractivity (Wildman–Crippen MR) is 120 cm³/mol. The van der Waals surface area contributed by atoms with Crippen molar-refractivity contribution in [3.8, 4) is 5.75 Å². The molecule has 12 heteroatoms. The molecule has 160 valence electrons. The topological polar surface area (TPSA) is 113 Å². The van der Waals surface area contributed by atoms with E-state index in [1.165, 1.54) is 36.4 Å². The van der Waals surface area contributed by atoms with E-state index in [0.29, 0.717) is 14.5 Å². The van der Waals surface area contributed by atoms with Crippen LogP contribution in [0.25, 0.3) is 6.08 Å². The van der Waals surface area contributed by atoms with E-state index in [1.54, 1.807) is 0 Å². The molecule has 0 saturated carbocycles. The molecule has 8 nitrogen and oxygen atoms in total. The van der Waals surface area contributed by atoms with Crippen LogP contribution in [-0.2, 0) is 14.4 Å². The van der Waals surface area contributed by atoms with Gasteiger partial charge in [0.15, 0.2) is 6.61 Å². The number of halogens is 4. The van der Waals surface area contributed by atoms with Crippen LogP contribution in [0.2, 0.25) is 10.0 Å². The summed E-state index contributed by atoms with van der Waals surface area (Å²) in [5.41, 5.74) is 0.238. The van der Waals surface area contributed by atoms with E-state index >= 15 is 0 Å². The zero-order valence-corrected chi connectivity index (χ0v) is 19.8. The first-order valence-electron chi connectivity index (χ1n) is 8.28. The number of carboxylic acid groups (broad SMARTS) is 1. The van der Waals surface area contributed by atoms with Gasteiger partial charge < -0.3 is 9.84 Å². The fraction of sp³-hybridized carbons (Fsp3) is 0.0526. The van der Waals surface area contributed by atoms with Gasteiger partial charge in [-0.2, -0.15) is 0 Å². The van der Waals surface area contributed by atoms with Gasteiger partial charge in [0.2, 0.25) is 0 Å². The minimum absolute atomic E-state index is 0.131. The third kappa shape index (κ3) is 5.09. The molecule has 0 radical (unpaired) electrons. The number of barbiturate groups is 1. The van der Waals surface area contributed by atoms with Crippen molar-refractivity contribution in [1.82, 2.24) is 5.32 Å². The van der Waals surface area contributed by atoms with Crippen LogP contribution in [0.4, 0.5) is 10.5 Å². The van der Waals surface area contributed by atoms with E-state index in [9.17, 15) is 19.2 Å². The Kier molecular flexibility index (Phi) is 7.05. The molecule has 0 atom stereocenters. The fourth-order valence-corrected chi connectivity index (χ4v) is 4.36. The summed E-state index contributed by atoms with van der Waals surface area (Å²) in [5, 5.41) is 11.2. The Bertz CT molecular complexity index is 1150. The molecular weight excluding hydrogens is 583 g/mol. The average molecular weight is 593 g/mol. The number of ether oxygens (including phenoxy) is 1. The third-order valence-corrected chi connectivity index (χ3v) is 5.85. The maximum absolute atomic E-state index is 12.9. The molecule has 3 rings (SSSR count). The highest BCUT2D eigenvalue weighted by molar-refractivity contribution is 9.11. The van der Waals surface area contributed by atoms with Crippen molar-refractivity contribution in [1.29, 1.82) is 0 Å². The molecule has 1 heterocycles. The van der Waals surface area contributed by atoms with Crippen LogP contribution in [-0.4, -0.2) is 35.5 Å². The summed E-state index contributed by atoms with van der Waals surface area (Å²) in [6.07, 6.45) is 1.28. The summed E-state index contributed by atoms with van der Waals surface area (Å²) < 4.78 is 5.96. The molecule has 1 aliphatic rings. The summed E-state index contributed by atoms with van der Waals surface area (Å²) in [4.78, 5) is 49.0. The standard InChI is InChI=1S/C19H10Br2Cl2N2O6/c20-11-4-8(5-12(21)16(11)31-7-15(26)27)3-10-17(28)24-19(30)25(18(10)29)9-1-2-13(22)14(23)6-9/h1-6H,7H2,(H,26,27)(H,24,28,30)/b10-3+. The van der Waals surface area contributed by atoms with E-state index < -0.39 is 30.4 Å². The first kappa shape index (κ1) is 23.3. The molecule has 2 aromatic carbocycles. The molecule has 0 spiro atoms. The number of hydrogen-bond acceptors (Lipinski definition) is 5. The molecule has 0 bridgehead atoms. The van der Waals surface area contributed by atoms with Crippen molar-refractivity contribution in [3.05, 3.63) is 60.5 Å². The molecule has 0 aromatic heterocycles. The number of nitrogens with zero attached hydrogens (tertiary/aromatic N) is 1. The number of imide groups is 2. The van der Waals surface area contributed by atoms with Gasteiger partial charge in [-0.15, -0.1) is 0 Å². The van der Waals surface area contributed by atoms with Crippen LogP contribution < -0.4 is 15.0 Å². The van der Waals surface area contributed by atoms with Crippen molar-refractivity contribution in [3.63, 3.8) is 0 Å². The van der Waals surface area contributed by atoms with Gasteiger partial charge in [0.05, 0.1) is 24.7 Å². The first-order valence-corrected chi connectivity index (χ1v) is 10.6. The van der Waals surface area contributed by atoms with E-state index in [2.05, 4.69) is 37.2 Å². The Morgan fingerprint density at radius 2 is 1.74 bits per heavy atom. The molecule has 1 aliphatic heterocycles. The van der Waals surface area contributed by atoms with Crippen LogP contribution in [0.15, 0.2) is 44.9 Å². The van der Waals surface area contributed by atoms with E-state index in [0.717, 1.165) is 4.90 Å². The molecule has 2 aromatic rings. The van der Waals surface area contributed by atoms with Gasteiger partial charge in [-0.3, -0.25) is 14.9 Å². The number of benzene rings is 2. The number of rotatable bonds is 5. The number of aliphatic carboxylic acids is 1. The van der Waals surface area contributed by atoms with Gasteiger partial charge >= 0.3 is 12.0 Å². The van der Waals surface area contributed by atoms with Crippen molar-refractivity contribution in [2.45, 2.75) is 0 Å². The third-order valence-electron chi connectivity index (χ3n) is 3.93. The van der Waals surface area contributed by atoms with Crippen LogP contribution in [0.1, 0.15) is 5.56 Å². The largest absolute Gasteiger partial charge is 0.480 e. The number of urea groups is 1. The number of carbonyl (C=O) groups is 4. The molecular formula is C19H10Br2Cl2N2O6. The normalized spacial score (nSPS) is 15.3. The molecule has 1 fully saturated rings. The number of nitrogens with one attached hydrogen (secondary N) is 1. The van der Waals surface area contributed by atoms with Crippen LogP contribution in [0.5, 0.6) is 5.75 Å². The molecule has 4 amide bonds. The quantitative estimate of drug-likeness (QED) is 0.386. The summed E-state index contributed by atoms with van der Waals surface area (Å²) >= 11 is 18.4. The summed E-state index contributed by atoms with van der Waals surface area (Å²) in [7, 11) is 0. The van der Waals surface area contributed by atoms with Crippen LogP contribution >= 0.6 is 55.1 Å². The number of carbonyl (C=O) groups excluding carboxylic acids is 3. The predicted octanol–water partition coefficient (Wildman–Crippen LogP) is 4.65. The smallest absolute Gasteiger partial charge is 0.341 e. The number of amides is 4. The second kappa shape index (κ2) is 9.39. The lowest BCUT2D eigenvalue weighted by Gasteiger charge is -2.26. The Hall–Kier alpha value is -2.40. The lowest BCUT2D eigenvalue weighted by Crippen LogP contribution is -2.54. The number of anilines is 1. The van der Waals surface area contributed by atoms with Gasteiger partial charge in [-0.25, -0.2) is 14.5 Å². The monoisotopic (exact) mass is 590 g/mol. The van der Waals surface area contributed by atoms with E-state index in [-0.39, 0.29) is 27.1 Å². The second-order valence-electron chi connectivity index (χ2n) is 6.05. The van der Waals surface area contributed by atoms with Crippen LogP contribution in [0.3, 0.4) is 0 Å². The molecule has 31 heavy (non-hydrogen) atoms. The highest BCUT2D eigenvalue weighted by Gasteiger charge is 2.37. The minimum Gasteiger partial charge on any atom is -0.480 e. The van der Waals surface area contributed by atoms with Crippen molar-refractivity contribution < 1.29 is 29.0 Å². The van der Waals surface area contributed by atoms with Gasteiger partial charge in [-0.1, -0.05) is 23.2 Å². The lowest BCUT2D eigenvalue weighted by molar-refractivity contribution is -0.139. The van der Waals surface area contributed by atoms with Crippen LogP contribution in [0, 0.1) is 0 Å². The highest BCUT2D eigenvalue weighted by atomic mass is 79.9. The molecule has 2 N–H and O–H groups in total. The van der Waals surface area contributed by atoms with E-state index in [1.807, 2.05) is 0 Å². The Balaban J connectivity index is 1.98. The van der Waals surface area contributed by atoms with Crippen molar-refractivity contribution >= 4 is 90.6 Å². The Morgan fingerprint density at radius 1 is 1.10 bits per heavy atom. The zero-order valence-electron chi connectivity index (χ0n) is 15.1. The maximum atomic E-state index is 12.9. The van der Waals surface area contributed by atoms with Gasteiger partial charge in [0, 0.05) is 0 Å². The van der Waals surface area contributed by atoms with Gasteiger partial charge in [-0.05, 0) is 73.8 Å². The average Bonchev–Trinajstić information content (AvgIpc) is 2.67. The summed E-state index contributed by atoms with van der Waals surface area (Å²) in [5.74, 6) is -2.64. The van der Waals surface area contributed by atoms with Crippen molar-refractivity contribution in [2.75, 3.05) is 11.5 Å². The zero-order chi connectivity index (χ0) is 22.9. The second-order valence-corrected chi connectivity index (χ2v) is 8.58. The number of hydrogen-bond donors (Lipinski definition) is 2. The maximum Gasteiger partial charge on any atom is 0.341 e. The van der Waals surface area contributed by atoms with Crippen molar-refractivity contribution in [2.24, 2.45) is 0 Å². The highest BCUT2D eigenvalue weighted by Crippen LogP contribution is 2.36. The Labute approximate surface area is 202 Å². The minimum atomic E-state index is -1.15.